The lowest BCUT2D eigenvalue weighted by Crippen LogP contribution is -2.14. The van der Waals surface area contributed by atoms with Crippen LogP contribution in [0.5, 0.6) is 0 Å². The number of benzene rings is 2. The smallest absolute Gasteiger partial charge is 0.0565 e. The molecule has 0 heterocycles. The maximum atomic E-state index is 6.48. The number of hydrogen-bond donors (Lipinski definition) is 1. The summed E-state index contributed by atoms with van der Waals surface area (Å²) in [7, 11) is 0. The molecule has 19 heavy (non-hydrogen) atoms. The Hall–Kier alpha value is -1.12. The lowest BCUT2D eigenvalue weighted by atomic mass is 9.92. The molecule has 0 bridgehead atoms. The zero-order chi connectivity index (χ0) is 14.2. The van der Waals surface area contributed by atoms with Crippen LogP contribution in [0.15, 0.2) is 34.8 Å². The van der Waals surface area contributed by atoms with Crippen molar-refractivity contribution in [2.75, 3.05) is 0 Å². The largest absolute Gasteiger partial charge is 0.320 e. The van der Waals surface area contributed by atoms with E-state index in [9.17, 15) is 0 Å². The molecular formula is C17H20BrN. The van der Waals surface area contributed by atoms with Crippen LogP contribution in [0.4, 0.5) is 0 Å². The Morgan fingerprint density at radius 1 is 0.842 bits per heavy atom. The molecule has 0 aliphatic heterocycles. The third kappa shape index (κ3) is 2.90. The molecule has 0 aliphatic carbocycles. The van der Waals surface area contributed by atoms with Gasteiger partial charge in [0.2, 0.25) is 0 Å². The minimum Gasteiger partial charge on any atom is -0.320 e. The van der Waals surface area contributed by atoms with Crippen molar-refractivity contribution in [3.63, 3.8) is 0 Å². The molecule has 1 atom stereocenters. The van der Waals surface area contributed by atoms with Gasteiger partial charge in [0.1, 0.15) is 0 Å². The van der Waals surface area contributed by atoms with Crippen LogP contribution in [0.25, 0.3) is 0 Å². The Morgan fingerprint density at radius 2 is 1.47 bits per heavy atom. The topological polar surface area (TPSA) is 26.0 Å². The summed E-state index contributed by atoms with van der Waals surface area (Å²) in [5, 5.41) is 0. The Morgan fingerprint density at radius 3 is 2.16 bits per heavy atom. The van der Waals surface area contributed by atoms with Gasteiger partial charge in [-0.1, -0.05) is 45.8 Å². The zero-order valence-corrected chi connectivity index (χ0v) is 13.5. The van der Waals surface area contributed by atoms with Crippen LogP contribution in [-0.2, 0) is 0 Å². The first kappa shape index (κ1) is 14.3. The van der Waals surface area contributed by atoms with Gasteiger partial charge in [-0.3, -0.25) is 0 Å². The quantitative estimate of drug-likeness (QED) is 0.851. The second-order valence-electron chi connectivity index (χ2n) is 5.30. The summed E-state index contributed by atoms with van der Waals surface area (Å²) < 4.78 is 1.07. The van der Waals surface area contributed by atoms with Crippen LogP contribution in [-0.4, -0.2) is 0 Å². The van der Waals surface area contributed by atoms with E-state index in [1.165, 1.54) is 27.8 Å². The molecule has 1 unspecified atom stereocenters. The molecule has 100 valence electrons. The zero-order valence-electron chi connectivity index (χ0n) is 11.9. The van der Waals surface area contributed by atoms with Crippen molar-refractivity contribution in [2.24, 2.45) is 5.73 Å². The monoisotopic (exact) mass is 317 g/mol. The van der Waals surface area contributed by atoms with Crippen LogP contribution in [0.2, 0.25) is 0 Å². The first-order chi connectivity index (χ1) is 8.90. The highest BCUT2D eigenvalue weighted by atomic mass is 79.9. The number of hydrogen-bond acceptors (Lipinski definition) is 1. The fourth-order valence-electron chi connectivity index (χ4n) is 2.39. The standard InChI is InChI=1S/C17H20BrN/c1-10-5-6-16(18)15(7-10)17(19)14-9-12(3)11(2)8-13(14)4/h5-9,17H,19H2,1-4H3. The highest BCUT2D eigenvalue weighted by Crippen LogP contribution is 2.30. The van der Waals surface area contributed by atoms with Crippen molar-refractivity contribution < 1.29 is 0 Å². The van der Waals surface area contributed by atoms with Crippen LogP contribution < -0.4 is 5.73 Å². The minimum atomic E-state index is -0.0893. The second kappa shape index (κ2) is 5.48. The maximum Gasteiger partial charge on any atom is 0.0565 e. The summed E-state index contributed by atoms with van der Waals surface area (Å²) in [6.45, 7) is 8.50. The van der Waals surface area contributed by atoms with Crippen LogP contribution in [0.1, 0.15) is 39.4 Å². The van der Waals surface area contributed by atoms with Crippen LogP contribution in [0, 0.1) is 27.7 Å². The lowest BCUT2D eigenvalue weighted by Gasteiger charge is -2.19. The summed E-state index contributed by atoms with van der Waals surface area (Å²) >= 11 is 3.61. The van der Waals surface area contributed by atoms with E-state index in [0.29, 0.717) is 0 Å². The Balaban J connectivity index is 2.52. The molecule has 0 saturated carbocycles. The lowest BCUT2D eigenvalue weighted by molar-refractivity contribution is 0.851. The van der Waals surface area contributed by atoms with Gasteiger partial charge in [-0.25, -0.2) is 0 Å². The van der Waals surface area contributed by atoms with Gasteiger partial charge in [-0.2, -0.15) is 0 Å². The Bertz CT molecular complexity index is 617. The van der Waals surface area contributed by atoms with Gasteiger partial charge in [0.15, 0.2) is 0 Å². The Kier molecular flexibility index (Phi) is 4.12. The van der Waals surface area contributed by atoms with Crippen molar-refractivity contribution in [1.82, 2.24) is 0 Å². The summed E-state index contributed by atoms with van der Waals surface area (Å²) in [6.07, 6.45) is 0. The maximum absolute atomic E-state index is 6.48. The molecule has 0 spiro atoms. The summed E-state index contributed by atoms with van der Waals surface area (Å²) in [5.74, 6) is 0. The van der Waals surface area contributed by atoms with Gasteiger partial charge >= 0.3 is 0 Å². The first-order valence-electron chi connectivity index (χ1n) is 6.49. The molecule has 2 aromatic carbocycles. The first-order valence-corrected chi connectivity index (χ1v) is 7.29. The number of nitrogens with two attached hydrogens (primary N) is 1. The third-order valence-electron chi connectivity index (χ3n) is 3.70. The predicted octanol–water partition coefficient (Wildman–Crippen LogP) is 4.73. The van der Waals surface area contributed by atoms with E-state index in [1.54, 1.807) is 0 Å². The van der Waals surface area contributed by atoms with Gasteiger partial charge in [0.05, 0.1) is 6.04 Å². The van der Waals surface area contributed by atoms with Crippen molar-refractivity contribution in [2.45, 2.75) is 33.7 Å². The van der Waals surface area contributed by atoms with Crippen molar-refractivity contribution in [1.29, 1.82) is 0 Å². The molecule has 2 heteroatoms. The molecule has 0 amide bonds. The second-order valence-corrected chi connectivity index (χ2v) is 6.15. The van der Waals surface area contributed by atoms with Gasteiger partial charge in [0, 0.05) is 4.47 Å². The summed E-state index contributed by atoms with van der Waals surface area (Å²) in [5.41, 5.74) is 13.9. The van der Waals surface area contributed by atoms with E-state index < -0.39 is 0 Å². The molecule has 2 N–H and O–H groups in total. The minimum absolute atomic E-state index is 0.0893. The fourth-order valence-corrected chi connectivity index (χ4v) is 2.88. The van der Waals surface area contributed by atoms with Gasteiger partial charge < -0.3 is 5.73 Å². The van der Waals surface area contributed by atoms with Crippen LogP contribution in [0.3, 0.4) is 0 Å². The van der Waals surface area contributed by atoms with E-state index in [4.69, 9.17) is 5.73 Å². The highest BCUT2D eigenvalue weighted by molar-refractivity contribution is 9.10. The number of halogens is 1. The van der Waals surface area contributed by atoms with E-state index >= 15 is 0 Å². The summed E-state index contributed by atoms with van der Waals surface area (Å²) in [4.78, 5) is 0. The molecule has 1 nitrogen and oxygen atoms in total. The molecule has 0 radical (unpaired) electrons. The molecule has 0 saturated heterocycles. The van der Waals surface area contributed by atoms with Crippen LogP contribution >= 0.6 is 15.9 Å². The van der Waals surface area contributed by atoms with E-state index in [2.05, 4.69) is 74.0 Å². The van der Waals surface area contributed by atoms with Crippen molar-refractivity contribution >= 4 is 15.9 Å². The van der Waals surface area contributed by atoms with Gasteiger partial charge in [-0.15, -0.1) is 0 Å². The molecule has 2 aromatic rings. The molecular weight excluding hydrogens is 298 g/mol. The molecule has 0 aliphatic rings. The fraction of sp³-hybridized carbons (Fsp3) is 0.294. The average molecular weight is 318 g/mol. The van der Waals surface area contributed by atoms with Crippen molar-refractivity contribution in [3.8, 4) is 0 Å². The van der Waals surface area contributed by atoms with Crippen molar-refractivity contribution in [3.05, 3.63) is 68.2 Å². The van der Waals surface area contributed by atoms with E-state index in [1.807, 2.05) is 0 Å². The molecule has 2 rings (SSSR count). The molecule has 0 aromatic heterocycles. The number of aryl methyl sites for hydroxylation is 4. The number of rotatable bonds is 2. The van der Waals surface area contributed by atoms with Gasteiger partial charge in [-0.05, 0) is 61.6 Å². The highest BCUT2D eigenvalue weighted by Gasteiger charge is 2.15. The third-order valence-corrected chi connectivity index (χ3v) is 4.43. The Labute approximate surface area is 124 Å². The van der Waals surface area contributed by atoms with Gasteiger partial charge in [0.25, 0.3) is 0 Å². The predicted molar refractivity (Wildman–Crippen MR) is 85.6 cm³/mol. The average Bonchev–Trinajstić information content (AvgIpc) is 2.36. The SMILES string of the molecule is Cc1ccc(Br)c(C(N)c2cc(C)c(C)cc2C)c1. The van der Waals surface area contributed by atoms with E-state index in [-0.39, 0.29) is 6.04 Å². The molecule has 0 fully saturated rings. The van der Waals surface area contributed by atoms with E-state index in [0.717, 1.165) is 10.0 Å². The normalized spacial score (nSPS) is 12.5. The summed E-state index contributed by atoms with van der Waals surface area (Å²) in [6, 6.07) is 10.7.